The summed E-state index contributed by atoms with van der Waals surface area (Å²) >= 11 is 0. The normalized spacial score (nSPS) is 13.9. The first-order valence-corrected chi connectivity index (χ1v) is 10.7. The topological polar surface area (TPSA) is 65.0 Å². The molecule has 3 aromatic carbocycles. The van der Waals surface area contributed by atoms with Crippen molar-refractivity contribution in [3.8, 4) is 23.0 Å². The van der Waals surface area contributed by atoms with Gasteiger partial charge < -0.3 is 19.3 Å². The minimum Gasteiger partial charge on any atom is -0.506 e. The number of methoxy groups -OCH3 is 1. The van der Waals surface area contributed by atoms with Crippen molar-refractivity contribution >= 4 is 17.9 Å². The Bertz CT molecular complexity index is 1220. The fraction of sp³-hybridized carbons (Fsp3) is 0.179. The lowest BCUT2D eigenvalue weighted by molar-refractivity contribution is 0.104. The van der Waals surface area contributed by atoms with Crippen LogP contribution < -0.4 is 14.2 Å². The van der Waals surface area contributed by atoms with Crippen LogP contribution in [0.2, 0.25) is 0 Å². The van der Waals surface area contributed by atoms with E-state index in [0.29, 0.717) is 23.7 Å². The highest BCUT2D eigenvalue weighted by Gasteiger charge is 2.28. The van der Waals surface area contributed by atoms with Crippen LogP contribution in [0.25, 0.3) is 12.2 Å². The average Bonchev–Trinajstić information content (AvgIpc) is 2.81. The number of phenols is 1. The molecule has 1 N–H and O–H groups in total. The Morgan fingerprint density at radius 1 is 1.09 bits per heavy atom. The third-order valence-electron chi connectivity index (χ3n) is 5.29. The van der Waals surface area contributed by atoms with E-state index >= 15 is 0 Å². The molecule has 0 amide bonds. The Labute approximate surface area is 193 Å². The summed E-state index contributed by atoms with van der Waals surface area (Å²) in [5, 5.41) is 10.8. The van der Waals surface area contributed by atoms with E-state index in [0.717, 1.165) is 11.1 Å². The number of ketones is 1. The second kappa shape index (κ2) is 9.25. The number of phenolic OH excluding ortho intramolecular Hbond substituents is 1. The van der Waals surface area contributed by atoms with E-state index in [2.05, 4.69) is 0 Å². The number of allylic oxidation sites excluding steroid dienone is 1. The van der Waals surface area contributed by atoms with Gasteiger partial charge in [-0.3, -0.25) is 4.79 Å². The molecule has 4 rings (SSSR count). The second-order valence-electron chi connectivity index (χ2n) is 8.30. The number of hydrogen-bond donors (Lipinski definition) is 1. The molecule has 0 unspecified atom stereocenters. The minimum absolute atomic E-state index is 0.0944. The van der Waals surface area contributed by atoms with E-state index in [4.69, 9.17) is 14.2 Å². The van der Waals surface area contributed by atoms with Crippen LogP contribution in [0, 0.1) is 0 Å². The van der Waals surface area contributed by atoms with E-state index in [1.165, 1.54) is 13.2 Å². The zero-order chi connectivity index (χ0) is 23.4. The van der Waals surface area contributed by atoms with Crippen LogP contribution in [0.4, 0.5) is 0 Å². The monoisotopic (exact) mass is 442 g/mol. The van der Waals surface area contributed by atoms with Gasteiger partial charge in [0.2, 0.25) is 0 Å². The van der Waals surface area contributed by atoms with Crippen LogP contribution in [0.5, 0.6) is 23.0 Å². The standard InChI is InChI=1S/C28H26O5/c1-28(2)15-14-22-24(33-28)17-25(31-3)26(27(22)30)23(29)13-12-19-10-7-11-21(16-19)32-18-20-8-5-4-6-9-20/h4-17,30H,18H2,1-3H3/b13-12+. The Kier molecular flexibility index (Phi) is 6.22. The van der Waals surface area contributed by atoms with Gasteiger partial charge in [-0.25, -0.2) is 0 Å². The van der Waals surface area contributed by atoms with Crippen molar-refractivity contribution in [2.75, 3.05) is 7.11 Å². The first-order chi connectivity index (χ1) is 15.9. The summed E-state index contributed by atoms with van der Waals surface area (Å²) in [7, 11) is 1.46. The molecule has 0 aliphatic carbocycles. The molecule has 0 saturated carbocycles. The lowest BCUT2D eigenvalue weighted by Gasteiger charge is -2.29. The lowest BCUT2D eigenvalue weighted by Crippen LogP contribution is -2.27. The average molecular weight is 443 g/mol. The van der Waals surface area contributed by atoms with Crippen LogP contribution in [0.3, 0.4) is 0 Å². The molecule has 168 valence electrons. The van der Waals surface area contributed by atoms with Gasteiger partial charge in [-0.2, -0.15) is 0 Å². The smallest absolute Gasteiger partial charge is 0.193 e. The summed E-state index contributed by atoms with van der Waals surface area (Å²) in [5.74, 6) is 0.895. The molecule has 0 bridgehead atoms. The molecule has 0 aromatic heterocycles. The second-order valence-corrected chi connectivity index (χ2v) is 8.30. The maximum absolute atomic E-state index is 13.0. The number of hydrogen-bond acceptors (Lipinski definition) is 5. The quantitative estimate of drug-likeness (QED) is 0.356. The molecule has 1 aliphatic rings. The van der Waals surface area contributed by atoms with Crippen LogP contribution >= 0.6 is 0 Å². The van der Waals surface area contributed by atoms with Gasteiger partial charge in [0.15, 0.2) is 5.78 Å². The molecule has 1 heterocycles. The highest BCUT2D eigenvalue weighted by Crippen LogP contribution is 2.43. The molecule has 0 fully saturated rings. The maximum Gasteiger partial charge on any atom is 0.193 e. The summed E-state index contributed by atoms with van der Waals surface area (Å²) in [6.07, 6.45) is 6.71. The van der Waals surface area contributed by atoms with Crippen molar-refractivity contribution in [2.45, 2.75) is 26.1 Å². The Morgan fingerprint density at radius 3 is 2.64 bits per heavy atom. The molecule has 0 saturated heterocycles. The maximum atomic E-state index is 13.0. The molecule has 1 aliphatic heterocycles. The first-order valence-electron chi connectivity index (χ1n) is 10.7. The Balaban J connectivity index is 1.54. The molecule has 5 nitrogen and oxygen atoms in total. The summed E-state index contributed by atoms with van der Waals surface area (Å²) in [5.41, 5.74) is 1.92. The predicted molar refractivity (Wildman–Crippen MR) is 129 cm³/mol. The number of aromatic hydroxyl groups is 1. The number of carbonyl (C=O) groups is 1. The third kappa shape index (κ3) is 5.09. The van der Waals surface area contributed by atoms with Gasteiger partial charge in [-0.15, -0.1) is 0 Å². The van der Waals surface area contributed by atoms with E-state index in [9.17, 15) is 9.90 Å². The van der Waals surface area contributed by atoms with Crippen LogP contribution in [-0.2, 0) is 6.61 Å². The summed E-state index contributed by atoms with van der Waals surface area (Å²) < 4.78 is 17.2. The van der Waals surface area contributed by atoms with Crippen molar-refractivity contribution < 1.29 is 24.1 Å². The number of benzene rings is 3. The zero-order valence-electron chi connectivity index (χ0n) is 18.9. The highest BCUT2D eigenvalue weighted by molar-refractivity contribution is 6.11. The molecular formula is C28H26O5. The number of rotatable bonds is 7. The minimum atomic E-state index is -0.510. The number of carbonyl (C=O) groups excluding carboxylic acids is 1. The van der Waals surface area contributed by atoms with E-state index in [1.807, 2.05) is 74.5 Å². The van der Waals surface area contributed by atoms with Crippen molar-refractivity contribution in [1.82, 2.24) is 0 Å². The molecule has 0 spiro atoms. The van der Waals surface area contributed by atoms with Gasteiger partial charge >= 0.3 is 0 Å². The van der Waals surface area contributed by atoms with E-state index in [-0.39, 0.29) is 22.8 Å². The van der Waals surface area contributed by atoms with E-state index < -0.39 is 5.60 Å². The fourth-order valence-electron chi connectivity index (χ4n) is 3.59. The van der Waals surface area contributed by atoms with Crippen molar-refractivity contribution in [3.63, 3.8) is 0 Å². The molecule has 5 heteroatoms. The first kappa shape index (κ1) is 22.2. The van der Waals surface area contributed by atoms with Gasteiger partial charge in [-0.1, -0.05) is 48.5 Å². The van der Waals surface area contributed by atoms with Crippen molar-refractivity contribution in [1.29, 1.82) is 0 Å². The highest BCUT2D eigenvalue weighted by atomic mass is 16.5. The molecule has 0 atom stereocenters. The van der Waals surface area contributed by atoms with Crippen molar-refractivity contribution in [3.05, 3.63) is 95.1 Å². The predicted octanol–water partition coefficient (Wildman–Crippen LogP) is 6.06. The van der Waals surface area contributed by atoms with Crippen LogP contribution in [0.15, 0.2) is 72.8 Å². The van der Waals surface area contributed by atoms with Gasteiger partial charge in [0.25, 0.3) is 0 Å². The van der Waals surface area contributed by atoms with Crippen molar-refractivity contribution in [2.24, 2.45) is 0 Å². The third-order valence-corrected chi connectivity index (χ3v) is 5.29. The van der Waals surface area contributed by atoms with Gasteiger partial charge in [0.1, 0.15) is 40.8 Å². The molecule has 33 heavy (non-hydrogen) atoms. The van der Waals surface area contributed by atoms with Gasteiger partial charge in [-0.05, 0) is 55.3 Å². The molecule has 3 aromatic rings. The zero-order valence-corrected chi connectivity index (χ0v) is 18.9. The van der Waals surface area contributed by atoms with Crippen LogP contribution in [-0.4, -0.2) is 23.6 Å². The van der Waals surface area contributed by atoms with E-state index in [1.54, 1.807) is 18.2 Å². The lowest BCUT2D eigenvalue weighted by atomic mass is 9.97. The summed E-state index contributed by atoms with van der Waals surface area (Å²) in [6, 6.07) is 19.0. The van der Waals surface area contributed by atoms with Gasteiger partial charge in [0.05, 0.1) is 12.7 Å². The summed E-state index contributed by atoms with van der Waals surface area (Å²) in [4.78, 5) is 13.0. The number of ether oxygens (including phenoxy) is 3. The molecule has 0 radical (unpaired) electrons. The molecular weight excluding hydrogens is 416 g/mol. The fourth-order valence-corrected chi connectivity index (χ4v) is 3.59. The SMILES string of the molecule is COc1cc2c(c(O)c1C(=O)/C=C/c1cccc(OCc3ccccc3)c1)C=CC(C)(C)O2. The Hall–Kier alpha value is -3.99. The van der Waals surface area contributed by atoms with Gasteiger partial charge in [0, 0.05) is 6.07 Å². The Morgan fingerprint density at radius 2 is 1.88 bits per heavy atom. The summed E-state index contributed by atoms with van der Waals surface area (Å²) in [6.45, 7) is 4.28. The van der Waals surface area contributed by atoms with Crippen LogP contribution in [0.1, 0.15) is 40.9 Å². The largest absolute Gasteiger partial charge is 0.506 e. The number of fused-ring (bicyclic) bond motifs is 1.